The van der Waals surface area contributed by atoms with Crippen LogP contribution in [0, 0.1) is 5.92 Å². The fraction of sp³-hybridized carbons (Fsp3) is 0.509. The van der Waals surface area contributed by atoms with Gasteiger partial charge in [0.1, 0.15) is 54.1 Å². The topological polar surface area (TPSA) is 448 Å². The highest BCUT2D eigenvalue weighted by Gasteiger charge is 2.40. The molecule has 10 amide bonds. The number of hydrogen-bond acceptors (Lipinski definition) is 13. The third-order valence-corrected chi connectivity index (χ3v) is 13.9. The van der Waals surface area contributed by atoms with Crippen molar-refractivity contribution in [1.29, 1.82) is 0 Å². The zero-order valence-corrected chi connectivity index (χ0v) is 48.5. The Morgan fingerprint density at radius 1 is 0.595 bits per heavy atom. The Labute approximate surface area is 488 Å². The molecule has 0 saturated carbocycles. The van der Waals surface area contributed by atoms with Crippen LogP contribution in [0.25, 0.3) is 10.8 Å². The molecular formula is C57H84N16O11. The lowest BCUT2D eigenvalue weighted by Gasteiger charge is -2.31. The second kappa shape index (κ2) is 33.8. The number of benzene rings is 3. The third kappa shape index (κ3) is 21.7. The molecule has 84 heavy (non-hydrogen) atoms. The van der Waals surface area contributed by atoms with Crippen LogP contribution in [0.15, 0.2) is 76.7 Å². The van der Waals surface area contributed by atoms with E-state index >= 15 is 0 Å². The molecule has 458 valence electrons. The number of carbonyl (C=O) groups excluding carboxylic acids is 10. The smallest absolute Gasteiger partial charge is 0.245 e. The summed E-state index contributed by atoms with van der Waals surface area (Å²) >= 11 is 0. The molecule has 1 heterocycles. The van der Waals surface area contributed by atoms with E-state index in [0.717, 1.165) is 10.8 Å². The first-order chi connectivity index (χ1) is 39.9. The van der Waals surface area contributed by atoms with E-state index in [1.54, 1.807) is 52.0 Å². The van der Waals surface area contributed by atoms with Crippen molar-refractivity contribution in [3.63, 3.8) is 0 Å². The number of nitrogens with zero attached hydrogens (tertiary/aromatic N) is 3. The number of amides is 10. The van der Waals surface area contributed by atoms with E-state index in [-0.39, 0.29) is 89.3 Å². The molecule has 4 rings (SSSR count). The van der Waals surface area contributed by atoms with Crippen LogP contribution in [-0.2, 0) is 60.8 Å². The number of nitrogens with one attached hydrogen (secondary N) is 7. The Balaban J connectivity index is 1.54. The lowest BCUT2D eigenvalue weighted by atomic mass is 9.98. The molecule has 0 unspecified atom stereocenters. The molecule has 27 heteroatoms. The summed E-state index contributed by atoms with van der Waals surface area (Å²) in [5.74, 6) is -8.11. The minimum atomic E-state index is -1.67. The molecule has 1 aliphatic rings. The van der Waals surface area contributed by atoms with Gasteiger partial charge in [-0.2, -0.15) is 0 Å². The molecule has 0 radical (unpaired) electrons. The molecule has 0 aromatic heterocycles. The molecule has 3 aromatic carbocycles. The normalized spacial score (nSPS) is 15.3. The van der Waals surface area contributed by atoms with Gasteiger partial charge in [0, 0.05) is 38.9 Å². The number of aliphatic imine (C=N–C) groups is 2. The first-order valence-corrected chi connectivity index (χ1v) is 28.2. The molecule has 1 aliphatic heterocycles. The Bertz CT molecular complexity index is 2840. The summed E-state index contributed by atoms with van der Waals surface area (Å²) in [6, 6.07) is 9.83. The van der Waals surface area contributed by atoms with Crippen molar-refractivity contribution in [3.05, 3.63) is 77.9 Å². The summed E-state index contributed by atoms with van der Waals surface area (Å²) in [6.45, 7) is 9.12. The molecular weight excluding hydrogens is 1080 g/mol. The largest absolute Gasteiger partial charge is 0.494 e. The summed E-state index contributed by atoms with van der Waals surface area (Å²) in [6.07, 6.45) is 0.453. The van der Waals surface area contributed by atoms with Gasteiger partial charge in [0.2, 0.25) is 59.1 Å². The van der Waals surface area contributed by atoms with Crippen molar-refractivity contribution in [3.8, 4) is 5.75 Å². The monoisotopic (exact) mass is 1170 g/mol. The highest BCUT2D eigenvalue weighted by Crippen LogP contribution is 2.22. The summed E-state index contributed by atoms with van der Waals surface area (Å²) in [5.41, 5.74) is 34.3. The molecule has 8 atom stereocenters. The van der Waals surface area contributed by atoms with E-state index in [4.69, 9.17) is 39.1 Å². The SMILES string of the molecule is CCOc1ccc(C[C@@H](NC(=O)CC)C(=O)N[C@@H](Cc2ccc3ccccc3c2)C(=O)N[C@H](C(=O)N[C@@H](CC(N)=O)C(=O)N[C@@H](CC)C(=O)N2CCC[C@H]2C(=O)N[C@@H](CCCN=C(N)N)C(=O)N[C@@H](CCCN=C(N)N)C(N)=O)C(C)C)cc1. The van der Waals surface area contributed by atoms with Crippen LogP contribution in [0.2, 0.25) is 0 Å². The highest BCUT2D eigenvalue weighted by atomic mass is 16.5. The van der Waals surface area contributed by atoms with Crippen LogP contribution in [-0.4, -0.2) is 150 Å². The van der Waals surface area contributed by atoms with Crippen molar-refractivity contribution in [2.75, 3.05) is 26.2 Å². The fourth-order valence-corrected chi connectivity index (χ4v) is 9.39. The molecule has 0 spiro atoms. The predicted octanol–water partition coefficient (Wildman–Crippen LogP) is -1.65. The molecule has 0 bridgehead atoms. The number of hydrogen-bond donors (Lipinski definition) is 13. The van der Waals surface area contributed by atoms with E-state index in [0.29, 0.717) is 29.9 Å². The Morgan fingerprint density at radius 2 is 1.13 bits per heavy atom. The van der Waals surface area contributed by atoms with E-state index < -0.39 is 120 Å². The van der Waals surface area contributed by atoms with E-state index in [9.17, 15) is 47.9 Å². The van der Waals surface area contributed by atoms with Crippen molar-refractivity contribution < 1.29 is 52.7 Å². The van der Waals surface area contributed by atoms with Gasteiger partial charge in [0.15, 0.2) is 11.9 Å². The Morgan fingerprint density at radius 3 is 1.71 bits per heavy atom. The first-order valence-electron chi connectivity index (χ1n) is 28.2. The quantitative estimate of drug-likeness (QED) is 0.0181. The second-order valence-electron chi connectivity index (χ2n) is 20.7. The zero-order valence-electron chi connectivity index (χ0n) is 48.5. The van der Waals surface area contributed by atoms with Crippen molar-refractivity contribution >= 4 is 81.8 Å². The summed E-state index contributed by atoms with van der Waals surface area (Å²) in [4.78, 5) is 146. The standard InChI is InChI=1S/C57H84N16O11/c1-6-38(55(83)73-27-13-18-44(73)53(81)69-40(17-12-26-65-57(62)63)49(77)68-39(48(59)76)16-11-25-64-56(60)61)67-51(79)43(31-45(58)74)71-54(82)47(32(4)5)72-52(80)42(30-34-19-22-35-14-9-10-15-36(35)28-34)70-50(78)41(66-46(75)7-2)29-33-20-23-37(24-21-33)84-8-3/h9-10,14-15,19-24,28,32,38-44,47H,6-8,11-13,16-18,25-27,29-31H2,1-5H3,(H2,58,74)(H2,59,76)(H,66,75)(H,67,79)(H,68,77)(H,69,81)(H,70,78)(H,71,82)(H,72,80)(H4,60,61,64)(H4,62,63,65)/t38-,39-,40-,41+,42-,43-,44-,47-/m0/s1. The van der Waals surface area contributed by atoms with Crippen molar-refractivity contribution in [2.24, 2.45) is 50.3 Å². The number of primary amides is 2. The Kier molecular flexibility index (Phi) is 27.1. The predicted molar refractivity (Wildman–Crippen MR) is 315 cm³/mol. The van der Waals surface area contributed by atoms with Gasteiger partial charge in [-0.3, -0.25) is 57.9 Å². The molecule has 1 fully saturated rings. The van der Waals surface area contributed by atoms with Gasteiger partial charge in [0.05, 0.1) is 13.0 Å². The van der Waals surface area contributed by atoms with Crippen LogP contribution in [0.1, 0.15) is 104 Å². The van der Waals surface area contributed by atoms with Gasteiger partial charge in [-0.05, 0) is 91.8 Å². The lowest BCUT2D eigenvalue weighted by molar-refractivity contribution is -0.143. The van der Waals surface area contributed by atoms with Crippen LogP contribution >= 0.6 is 0 Å². The number of ether oxygens (including phenoxy) is 1. The fourth-order valence-electron chi connectivity index (χ4n) is 9.39. The van der Waals surface area contributed by atoms with Crippen LogP contribution < -0.4 is 76.4 Å². The van der Waals surface area contributed by atoms with Crippen molar-refractivity contribution in [1.82, 2.24) is 42.1 Å². The van der Waals surface area contributed by atoms with Gasteiger partial charge in [0.25, 0.3) is 0 Å². The number of carbonyl (C=O) groups is 10. The van der Waals surface area contributed by atoms with E-state index in [2.05, 4.69) is 47.2 Å². The number of guanidine groups is 2. The first kappa shape index (κ1) is 67.5. The Hall–Kier alpha value is -9.04. The maximum Gasteiger partial charge on any atom is 0.245 e. The van der Waals surface area contributed by atoms with Gasteiger partial charge in [-0.25, -0.2) is 0 Å². The molecule has 27 nitrogen and oxygen atoms in total. The minimum Gasteiger partial charge on any atom is -0.494 e. The van der Waals surface area contributed by atoms with Gasteiger partial charge in [-0.15, -0.1) is 0 Å². The zero-order chi connectivity index (χ0) is 62.0. The molecule has 19 N–H and O–H groups in total. The maximum atomic E-state index is 14.6. The number of fused-ring (bicyclic) bond motifs is 1. The number of rotatable bonds is 34. The minimum absolute atomic E-state index is 0.00542. The second-order valence-corrected chi connectivity index (χ2v) is 20.7. The van der Waals surface area contributed by atoms with E-state index in [1.165, 1.54) is 4.90 Å². The number of likely N-dealkylation sites (tertiary alicyclic amines) is 1. The summed E-state index contributed by atoms with van der Waals surface area (Å²) in [5, 5.41) is 20.5. The van der Waals surface area contributed by atoms with E-state index in [1.807, 2.05) is 49.4 Å². The third-order valence-electron chi connectivity index (χ3n) is 13.9. The van der Waals surface area contributed by atoms with Gasteiger partial charge in [-0.1, -0.05) is 82.3 Å². The van der Waals surface area contributed by atoms with Gasteiger partial charge < -0.3 is 81.3 Å². The molecule has 0 aliphatic carbocycles. The lowest BCUT2D eigenvalue weighted by Crippen LogP contribution is -2.61. The summed E-state index contributed by atoms with van der Waals surface area (Å²) < 4.78 is 5.56. The van der Waals surface area contributed by atoms with Crippen LogP contribution in [0.3, 0.4) is 0 Å². The van der Waals surface area contributed by atoms with Crippen LogP contribution in [0.5, 0.6) is 5.75 Å². The molecule has 1 saturated heterocycles. The average molecular weight is 1170 g/mol. The van der Waals surface area contributed by atoms with Gasteiger partial charge >= 0.3 is 0 Å². The van der Waals surface area contributed by atoms with Crippen LogP contribution in [0.4, 0.5) is 0 Å². The molecule has 3 aromatic rings. The highest BCUT2D eigenvalue weighted by molar-refractivity contribution is 5.99. The number of nitrogens with two attached hydrogens (primary N) is 6. The van der Waals surface area contributed by atoms with Crippen molar-refractivity contribution in [2.45, 2.75) is 154 Å². The summed E-state index contributed by atoms with van der Waals surface area (Å²) in [7, 11) is 0. The maximum absolute atomic E-state index is 14.6. The average Bonchev–Trinajstić information content (AvgIpc) is 4.11.